The number of carbonyl (C=O) groups is 1. The highest BCUT2D eigenvalue weighted by Crippen LogP contribution is 2.38. The molecule has 0 aromatic heterocycles. The lowest BCUT2D eigenvalue weighted by Crippen LogP contribution is -2.41. The molecule has 2 saturated heterocycles. The lowest BCUT2D eigenvalue weighted by atomic mass is 9.74. The lowest BCUT2D eigenvalue weighted by molar-refractivity contribution is -0.140. The topological polar surface area (TPSA) is 35.5 Å². The van der Waals surface area contributed by atoms with Gasteiger partial charge in [-0.1, -0.05) is 38.5 Å². The molecule has 0 spiro atoms. The summed E-state index contributed by atoms with van der Waals surface area (Å²) >= 11 is 0. The van der Waals surface area contributed by atoms with Crippen molar-refractivity contribution in [3.63, 3.8) is 0 Å². The van der Waals surface area contributed by atoms with Gasteiger partial charge in [-0.15, -0.1) is 0 Å². The first-order valence-corrected chi connectivity index (χ1v) is 11.6. The Hall–Kier alpha value is -0.410. The number of carbonyl (C=O) groups excluding carboxylic acids is 1. The van der Waals surface area contributed by atoms with Gasteiger partial charge in [-0.3, -0.25) is 4.79 Å². The molecule has 3 nitrogen and oxygen atoms in total. The molecular formula is C23H38O3. The highest BCUT2D eigenvalue weighted by atomic mass is 16.5. The van der Waals surface area contributed by atoms with E-state index in [1.54, 1.807) is 0 Å². The van der Waals surface area contributed by atoms with Crippen LogP contribution in [0, 0.1) is 23.7 Å². The Bertz CT molecular complexity index is 410. The average molecular weight is 363 g/mol. The van der Waals surface area contributed by atoms with Crippen molar-refractivity contribution in [2.45, 2.75) is 102 Å². The largest absolute Gasteiger partial charge is 0.378 e. The minimum absolute atomic E-state index is 0.255. The Kier molecular flexibility index (Phi) is 6.69. The molecule has 26 heavy (non-hydrogen) atoms. The molecule has 4 rings (SSSR count). The summed E-state index contributed by atoms with van der Waals surface area (Å²) in [6.07, 6.45) is 18.0. The fourth-order valence-corrected chi connectivity index (χ4v) is 6.18. The normalized spacial score (nSPS) is 38.2. The molecular weight excluding hydrogens is 324 g/mol. The molecule has 0 N–H and O–H groups in total. The van der Waals surface area contributed by atoms with Gasteiger partial charge in [0.2, 0.25) is 0 Å². The van der Waals surface area contributed by atoms with Gasteiger partial charge in [-0.2, -0.15) is 0 Å². The van der Waals surface area contributed by atoms with Gasteiger partial charge in [-0.25, -0.2) is 0 Å². The molecule has 0 aromatic rings. The van der Waals surface area contributed by atoms with Gasteiger partial charge in [0.15, 0.2) is 0 Å². The van der Waals surface area contributed by atoms with Gasteiger partial charge in [0.25, 0.3) is 0 Å². The first kappa shape index (κ1) is 18.9. The standard InChI is InChI=1S/C23H38O3/c24-23(19-11-13-25-21(15-19)17-7-3-1-4-8-17)20-12-14-26-22(16-20)18-9-5-2-6-10-18/h17-22H,1-16H2/t19-,20-,21+,22+/m1/s1. The molecule has 4 fully saturated rings. The summed E-state index contributed by atoms with van der Waals surface area (Å²) in [6, 6.07) is 0. The van der Waals surface area contributed by atoms with Crippen molar-refractivity contribution in [3.8, 4) is 0 Å². The summed E-state index contributed by atoms with van der Waals surface area (Å²) in [6.45, 7) is 1.60. The smallest absolute Gasteiger partial charge is 0.139 e. The zero-order chi connectivity index (χ0) is 17.8. The second kappa shape index (κ2) is 9.19. The maximum absolute atomic E-state index is 13.3. The van der Waals surface area contributed by atoms with Crippen LogP contribution in [-0.2, 0) is 14.3 Å². The van der Waals surface area contributed by atoms with E-state index in [9.17, 15) is 4.79 Å². The van der Waals surface area contributed by atoms with E-state index in [-0.39, 0.29) is 11.8 Å². The Balaban J connectivity index is 1.32. The second-order valence-corrected chi connectivity index (χ2v) is 9.46. The summed E-state index contributed by atoms with van der Waals surface area (Å²) in [7, 11) is 0. The molecule has 0 radical (unpaired) electrons. The van der Waals surface area contributed by atoms with E-state index < -0.39 is 0 Å². The number of ether oxygens (including phenoxy) is 2. The maximum atomic E-state index is 13.3. The number of ketones is 1. The van der Waals surface area contributed by atoms with Crippen LogP contribution in [0.15, 0.2) is 0 Å². The quantitative estimate of drug-likeness (QED) is 0.680. The van der Waals surface area contributed by atoms with Crippen LogP contribution in [0.25, 0.3) is 0 Å². The highest BCUT2D eigenvalue weighted by molar-refractivity contribution is 5.83. The summed E-state index contributed by atoms with van der Waals surface area (Å²) in [4.78, 5) is 13.3. The molecule has 148 valence electrons. The van der Waals surface area contributed by atoms with E-state index in [1.807, 2.05) is 0 Å². The van der Waals surface area contributed by atoms with E-state index in [0.717, 1.165) is 38.9 Å². The van der Waals surface area contributed by atoms with E-state index in [2.05, 4.69) is 0 Å². The van der Waals surface area contributed by atoms with E-state index in [4.69, 9.17) is 9.47 Å². The molecule has 0 bridgehead atoms. The number of hydrogen-bond donors (Lipinski definition) is 0. The SMILES string of the molecule is O=C([C@@H]1CCO[C@H](C2CCCCC2)C1)[C@@H]1CCO[C@H](C2CCCCC2)C1. The van der Waals surface area contributed by atoms with Crippen molar-refractivity contribution < 1.29 is 14.3 Å². The molecule has 2 saturated carbocycles. The summed E-state index contributed by atoms with van der Waals surface area (Å²) in [5, 5.41) is 0. The van der Waals surface area contributed by atoms with Crippen molar-refractivity contribution in [2.75, 3.05) is 13.2 Å². The first-order chi connectivity index (χ1) is 12.8. The third kappa shape index (κ3) is 4.52. The van der Waals surface area contributed by atoms with Crippen molar-refractivity contribution in [2.24, 2.45) is 23.7 Å². The summed E-state index contributed by atoms with van der Waals surface area (Å²) < 4.78 is 12.2. The summed E-state index contributed by atoms with van der Waals surface area (Å²) in [5.74, 6) is 2.49. The molecule has 2 aliphatic heterocycles. The van der Waals surface area contributed by atoms with Gasteiger partial charge >= 0.3 is 0 Å². The monoisotopic (exact) mass is 362 g/mol. The minimum atomic E-state index is 0.255. The fourth-order valence-electron chi connectivity index (χ4n) is 6.18. The molecule has 0 amide bonds. The number of rotatable bonds is 4. The van der Waals surface area contributed by atoms with Crippen molar-refractivity contribution in [1.82, 2.24) is 0 Å². The predicted octanol–water partition coefficient (Wildman–Crippen LogP) is 5.31. The first-order valence-electron chi connectivity index (χ1n) is 11.6. The van der Waals surface area contributed by atoms with Crippen LogP contribution in [0.5, 0.6) is 0 Å². The molecule has 3 heteroatoms. The highest BCUT2D eigenvalue weighted by Gasteiger charge is 2.39. The Labute approximate surface area is 159 Å². The number of Topliss-reactive ketones (excluding diaryl/α,β-unsaturated/α-hetero) is 1. The maximum Gasteiger partial charge on any atom is 0.139 e. The molecule has 4 aliphatic rings. The zero-order valence-electron chi connectivity index (χ0n) is 16.5. The van der Waals surface area contributed by atoms with Gasteiger partial charge < -0.3 is 9.47 Å². The van der Waals surface area contributed by atoms with E-state index in [0.29, 0.717) is 29.8 Å². The molecule has 2 aliphatic carbocycles. The van der Waals surface area contributed by atoms with Crippen LogP contribution < -0.4 is 0 Å². The Morgan fingerprint density at radius 1 is 0.577 bits per heavy atom. The lowest BCUT2D eigenvalue weighted by Gasteiger charge is -2.39. The third-order valence-corrected chi connectivity index (χ3v) is 7.79. The van der Waals surface area contributed by atoms with Crippen LogP contribution >= 0.6 is 0 Å². The van der Waals surface area contributed by atoms with Crippen LogP contribution in [-0.4, -0.2) is 31.2 Å². The van der Waals surface area contributed by atoms with Gasteiger partial charge in [0, 0.05) is 25.0 Å². The molecule has 0 unspecified atom stereocenters. The number of hydrogen-bond acceptors (Lipinski definition) is 3. The van der Waals surface area contributed by atoms with E-state index >= 15 is 0 Å². The molecule has 0 aromatic carbocycles. The molecule has 2 heterocycles. The second-order valence-electron chi connectivity index (χ2n) is 9.46. The average Bonchev–Trinajstić information content (AvgIpc) is 2.75. The zero-order valence-corrected chi connectivity index (χ0v) is 16.5. The Morgan fingerprint density at radius 3 is 1.42 bits per heavy atom. The van der Waals surface area contributed by atoms with Gasteiger partial charge in [-0.05, 0) is 63.2 Å². The van der Waals surface area contributed by atoms with E-state index in [1.165, 1.54) is 64.2 Å². The van der Waals surface area contributed by atoms with Crippen molar-refractivity contribution in [3.05, 3.63) is 0 Å². The molecule has 4 atom stereocenters. The van der Waals surface area contributed by atoms with Crippen molar-refractivity contribution >= 4 is 5.78 Å². The third-order valence-electron chi connectivity index (χ3n) is 7.79. The van der Waals surface area contributed by atoms with Crippen LogP contribution in [0.2, 0.25) is 0 Å². The van der Waals surface area contributed by atoms with Crippen LogP contribution in [0.1, 0.15) is 89.9 Å². The van der Waals surface area contributed by atoms with Gasteiger partial charge in [0.05, 0.1) is 12.2 Å². The fraction of sp³-hybridized carbons (Fsp3) is 0.957. The van der Waals surface area contributed by atoms with Crippen molar-refractivity contribution in [1.29, 1.82) is 0 Å². The summed E-state index contributed by atoms with van der Waals surface area (Å²) in [5.41, 5.74) is 0. The minimum Gasteiger partial charge on any atom is -0.378 e. The predicted molar refractivity (Wildman–Crippen MR) is 103 cm³/mol. The van der Waals surface area contributed by atoms with Gasteiger partial charge in [0.1, 0.15) is 5.78 Å². The Morgan fingerprint density at radius 2 is 1.00 bits per heavy atom. The van der Waals surface area contributed by atoms with Crippen LogP contribution in [0.4, 0.5) is 0 Å². The van der Waals surface area contributed by atoms with Crippen LogP contribution in [0.3, 0.4) is 0 Å².